The fraction of sp³-hybridized carbons (Fsp3) is 0.545. The summed E-state index contributed by atoms with van der Waals surface area (Å²) in [6.45, 7) is 8.32. The van der Waals surface area contributed by atoms with Crippen molar-refractivity contribution in [1.82, 2.24) is 9.78 Å². The summed E-state index contributed by atoms with van der Waals surface area (Å²) < 4.78 is 1.74. The van der Waals surface area contributed by atoms with E-state index >= 15 is 0 Å². The molecule has 4 heteroatoms. The molecule has 0 atom stereocenters. The quantitative estimate of drug-likeness (QED) is 0.692. The van der Waals surface area contributed by atoms with Crippen LogP contribution in [0.3, 0.4) is 0 Å². The number of aromatic nitrogens is 2. The van der Waals surface area contributed by atoms with E-state index in [1.54, 1.807) is 11.0 Å². The first-order valence-corrected chi connectivity index (χ1v) is 5.17. The minimum atomic E-state index is -0.241. The molecule has 1 aromatic heterocycles. The molecule has 4 nitrogen and oxygen atoms in total. The Morgan fingerprint density at radius 1 is 1.33 bits per heavy atom. The molecule has 0 unspecified atom stereocenters. The lowest BCUT2D eigenvalue weighted by Gasteiger charge is -2.09. The summed E-state index contributed by atoms with van der Waals surface area (Å²) in [6, 6.07) is 0. The predicted octanol–water partition coefficient (Wildman–Crippen LogP) is 2.38. The highest BCUT2D eigenvalue weighted by Gasteiger charge is 2.18. The second-order valence-corrected chi connectivity index (χ2v) is 4.68. The van der Waals surface area contributed by atoms with Gasteiger partial charge in [-0.2, -0.15) is 5.10 Å². The molecule has 0 aliphatic carbocycles. The van der Waals surface area contributed by atoms with Crippen LogP contribution in [0, 0.1) is 0 Å². The van der Waals surface area contributed by atoms with Crippen LogP contribution < -0.4 is 0 Å². The first kappa shape index (κ1) is 10.1. The van der Waals surface area contributed by atoms with Crippen LogP contribution in [0.4, 0.5) is 5.82 Å². The number of fused-ring (bicyclic) bond motifs is 1. The molecule has 80 valence electrons. The van der Waals surface area contributed by atoms with Gasteiger partial charge in [-0.1, -0.05) is 13.8 Å². The molecule has 1 aromatic rings. The Hall–Kier alpha value is -1.45. The average Bonchev–Trinajstić information content (AvgIpc) is 2.49. The van der Waals surface area contributed by atoms with Gasteiger partial charge in [-0.3, -0.25) is 4.99 Å². The molecule has 0 fully saturated rings. The van der Waals surface area contributed by atoms with E-state index in [1.165, 1.54) is 0 Å². The van der Waals surface area contributed by atoms with Crippen molar-refractivity contribution in [2.24, 2.45) is 9.98 Å². The summed E-state index contributed by atoms with van der Waals surface area (Å²) in [5, 5.41) is 4.26. The molecule has 0 radical (unpaired) electrons. The number of hydrogen-bond acceptors (Lipinski definition) is 3. The van der Waals surface area contributed by atoms with Gasteiger partial charge >= 0.3 is 0 Å². The molecule has 0 saturated carbocycles. The maximum absolute atomic E-state index is 4.47. The molecule has 0 bridgehead atoms. The average molecular weight is 204 g/mol. The summed E-state index contributed by atoms with van der Waals surface area (Å²) in [6.07, 6.45) is 5.48. The Kier molecular flexibility index (Phi) is 2.21. The normalized spacial score (nSPS) is 17.9. The summed E-state index contributed by atoms with van der Waals surface area (Å²) in [5.74, 6) is 1.33. The smallest absolute Gasteiger partial charge is 0.159 e. The van der Waals surface area contributed by atoms with E-state index in [1.807, 2.05) is 26.3 Å². The molecule has 0 amide bonds. The van der Waals surface area contributed by atoms with Crippen molar-refractivity contribution in [2.75, 3.05) is 0 Å². The van der Waals surface area contributed by atoms with Crippen LogP contribution in [-0.2, 0) is 0 Å². The van der Waals surface area contributed by atoms with E-state index < -0.39 is 0 Å². The lowest BCUT2D eigenvalue weighted by Crippen LogP contribution is -2.17. The van der Waals surface area contributed by atoms with Gasteiger partial charge < -0.3 is 0 Å². The Balaban J connectivity index is 2.51. The summed E-state index contributed by atoms with van der Waals surface area (Å²) in [4.78, 5) is 8.87. The summed E-state index contributed by atoms with van der Waals surface area (Å²) in [5.41, 5.74) is 0.921. The highest BCUT2D eigenvalue weighted by Crippen LogP contribution is 2.27. The molecule has 0 aromatic carbocycles. The predicted molar refractivity (Wildman–Crippen MR) is 62.4 cm³/mol. The van der Waals surface area contributed by atoms with Crippen LogP contribution in [0.15, 0.2) is 16.2 Å². The molecule has 0 spiro atoms. The van der Waals surface area contributed by atoms with Crippen molar-refractivity contribution < 1.29 is 0 Å². The van der Waals surface area contributed by atoms with Gasteiger partial charge in [0.25, 0.3) is 0 Å². The summed E-state index contributed by atoms with van der Waals surface area (Å²) in [7, 11) is 0. The Morgan fingerprint density at radius 3 is 2.73 bits per heavy atom. The third kappa shape index (κ3) is 1.84. The van der Waals surface area contributed by atoms with Crippen LogP contribution in [0.25, 0.3) is 0 Å². The van der Waals surface area contributed by atoms with Crippen molar-refractivity contribution in [3.63, 3.8) is 0 Å². The standard InChI is InChI=1S/C11H16N4/c1-8(2)9-5-14-15-7-13-11(3,4)6-12-10(9)15/h5-8H,1-4H3. The lowest BCUT2D eigenvalue weighted by atomic mass is 10.1. The van der Waals surface area contributed by atoms with Gasteiger partial charge in [-0.25, -0.2) is 9.67 Å². The van der Waals surface area contributed by atoms with E-state index in [9.17, 15) is 0 Å². The molecule has 1 aliphatic heterocycles. The van der Waals surface area contributed by atoms with Gasteiger partial charge in [-0.05, 0) is 19.8 Å². The largest absolute Gasteiger partial charge is 0.262 e. The maximum atomic E-state index is 4.47. The van der Waals surface area contributed by atoms with Crippen molar-refractivity contribution in [2.45, 2.75) is 39.2 Å². The van der Waals surface area contributed by atoms with Gasteiger partial charge in [0.05, 0.1) is 11.7 Å². The minimum absolute atomic E-state index is 0.241. The van der Waals surface area contributed by atoms with Gasteiger partial charge in [0, 0.05) is 11.8 Å². The van der Waals surface area contributed by atoms with E-state index in [0.717, 1.165) is 11.4 Å². The lowest BCUT2D eigenvalue weighted by molar-refractivity contribution is 0.719. The number of aliphatic imine (C=N–C) groups is 2. The van der Waals surface area contributed by atoms with Crippen LogP contribution in [0.5, 0.6) is 0 Å². The first-order valence-electron chi connectivity index (χ1n) is 5.17. The molecule has 1 aliphatic rings. The topological polar surface area (TPSA) is 42.5 Å². The van der Waals surface area contributed by atoms with Crippen LogP contribution in [-0.4, -0.2) is 27.9 Å². The highest BCUT2D eigenvalue weighted by atomic mass is 15.3. The summed E-state index contributed by atoms with van der Waals surface area (Å²) >= 11 is 0. The third-order valence-electron chi connectivity index (χ3n) is 2.42. The molecular formula is C11H16N4. The number of hydrogen-bond donors (Lipinski definition) is 0. The van der Waals surface area contributed by atoms with Gasteiger partial charge in [0.2, 0.25) is 0 Å². The SMILES string of the molecule is CC(C)c1cnn2c1N=CC(C)(C)N=C2. The maximum Gasteiger partial charge on any atom is 0.159 e. The van der Waals surface area contributed by atoms with Crippen molar-refractivity contribution in [3.05, 3.63) is 11.8 Å². The van der Waals surface area contributed by atoms with E-state index in [0.29, 0.717) is 5.92 Å². The van der Waals surface area contributed by atoms with Gasteiger partial charge in [-0.15, -0.1) is 0 Å². The Labute approximate surface area is 89.7 Å². The van der Waals surface area contributed by atoms with Crippen molar-refractivity contribution >= 4 is 18.4 Å². The van der Waals surface area contributed by atoms with E-state index in [-0.39, 0.29) is 5.54 Å². The third-order valence-corrected chi connectivity index (χ3v) is 2.42. The molecule has 0 saturated heterocycles. The second-order valence-electron chi connectivity index (χ2n) is 4.68. The van der Waals surface area contributed by atoms with Crippen molar-refractivity contribution in [1.29, 1.82) is 0 Å². The zero-order chi connectivity index (χ0) is 11.1. The van der Waals surface area contributed by atoms with E-state index in [2.05, 4.69) is 28.9 Å². The fourth-order valence-electron chi connectivity index (χ4n) is 1.45. The fourth-order valence-corrected chi connectivity index (χ4v) is 1.45. The highest BCUT2D eigenvalue weighted by molar-refractivity contribution is 5.80. The zero-order valence-electron chi connectivity index (χ0n) is 9.60. The van der Waals surface area contributed by atoms with Gasteiger partial charge in [0.1, 0.15) is 6.34 Å². The first-order chi connectivity index (χ1) is 6.99. The van der Waals surface area contributed by atoms with Crippen LogP contribution >= 0.6 is 0 Å². The molecular weight excluding hydrogens is 188 g/mol. The Morgan fingerprint density at radius 2 is 2.07 bits per heavy atom. The molecule has 0 N–H and O–H groups in total. The molecule has 15 heavy (non-hydrogen) atoms. The second kappa shape index (κ2) is 3.29. The number of rotatable bonds is 1. The Bertz CT molecular complexity index is 424. The van der Waals surface area contributed by atoms with E-state index in [4.69, 9.17) is 0 Å². The monoisotopic (exact) mass is 204 g/mol. The van der Waals surface area contributed by atoms with Crippen LogP contribution in [0.1, 0.15) is 39.2 Å². The number of nitrogens with zero attached hydrogens (tertiary/aromatic N) is 4. The van der Waals surface area contributed by atoms with Crippen molar-refractivity contribution in [3.8, 4) is 0 Å². The van der Waals surface area contributed by atoms with Gasteiger partial charge in [0.15, 0.2) is 5.82 Å². The molecule has 2 heterocycles. The zero-order valence-corrected chi connectivity index (χ0v) is 9.60. The minimum Gasteiger partial charge on any atom is -0.262 e. The molecule has 2 rings (SSSR count). The van der Waals surface area contributed by atoms with Crippen LogP contribution in [0.2, 0.25) is 0 Å².